The van der Waals surface area contributed by atoms with E-state index in [1.165, 1.54) is 11.3 Å². The van der Waals surface area contributed by atoms with Gasteiger partial charge in [-0.1, -0.05) is 48.6 Å². The van der Waals surface area contributed by atoms with Gasteiger partial charge in [-0.05, 0) is 24.6 Å². The van der Waals surface area contributed by atoms with Crippen LogP contribution in [0, 0.1) is 12.8 Å². The summed E-state index contributed by atoms with van der Waals surface area (Å²) < 4.78 is 0. The van der Waals surface area contributed by atoms with Crippen LogP contribution in [0.1, 0.15) is 18.2 Å². The molecule has 0 bridgehead atoms. The minimum absolute atomic E-state index is 0.0633. The van der Waals surface area contributed by atoms with Crippen molar-refractivity contribution in [3.63, 3.8) is 0 Å². The third-order valence-electron chi connectivity index (χ3n) is 4.07. The number of hydrogen-bond acceptors (Lipinski definition) is 5. The average Bonchev–Trinajstić information content (AvgIpc) is 3.08. The molecule has 3 aromatic rings. The third kappa shape index (κ3) is 4.14. The molecule has 0 aliphatic carbocycles. The molecule has 4 nitrogen and oxygen atoms in total. The summed E-state index contributed by atoms with van der Waals surface area (Å²) in [5.74, 6) is 0.413. The van der Waals surface area contributed by atoms with E-state index in [0.29, 0.717) is 12.3 Å². The van der Waals surface area contributed by atoms with Gasteiger partial charge in [0.25, 0.3) is 0 Å². The maximum absolute atomic E-state index is 13.0. The lowest BCUT2D eigenvalue weighted by Gasteiger charge is -2.24. The van der Waals surface area contributed by atoms with Crippen molar-refractivity contribution in [1.82, 2.24) is 9.97 Å². The minimum Gasteiger partial charge on any atom is -0.297 e. The summed E-state index contributed by atoms with van der Waals surface area (Å²) in [5, 5.41) is 1.75. The normalized spacial score (nSPS) is 12.0. The summed E-state index contributed by atoms with van der Waals surface area (Å²) in [6.07, 6.45) is 3.53. The Bertz CT molecular complexity index is 865. The maximum Gasteiger partial charge on any atom is 0.231 e. The Labute approximate surface area is 163 Å². The number of aromatic nitrogens is 2. The van der Waals surface area contributed by atoms with Crippen molar-refractivity contribution in [3.8, 4) is 10.6 Å². The van der Waals surface area contributed by atoms with Gasteiger partial charge in [0.05, 0.1) is 12.2 Å². The number of benzene rings is 1. The van der Waals surface area contributed by atoms with Gasteiger partial charge in [0, 0.05) is 29.6 Å². The number of carbonyl (C=O) groups excluding carboxylic acids is 1. The number of thiazole rings is 1. The molecule has 134 valence electrons. The monoisotopic (exact) mass is 383 g/mol. The highest BCUT2D eigenvalue weighted by atomic mass is 32.1. The number of anilines is 1. The van der Waals surface area contributed by atoms with Gasteiger partial charge in [-0.3, -0.25) is 14.7 Å². The summed E-state index contributed by atoms with van der Waals surface area (Å²) in [6.45, 7) is 4.38. The van der Waals surface area contributed by atoms with Crippen molar-refractivity contribution in [3.05, 3.63) is 66.1 Å². The predicted octanol–water partition coefficient (Wildman–Crippen LogP) is 4.61. The molecule has 1 unspecified atom stereocenters. The molecule has 3 rings (SSSR count). The number of carbonyl (C=O) groups is 1. The standard InChI is InChI=1S/C20H21N3OS2/c1-14(13-25)19(24)23(12-16-7-4-3-5-8-16)20-15(2)22-18(26-20)17-9-6-10-21-11-17/h3-11,14,25H,12-13H2,1-2H3. The first-order valence-corrected chi connectivity index (χ1v) is 9.89. The van der Waals surface area contributed by atoms with Crippen LogP contribution in [0.2, 0.25) is 0 Å². The van der Waals surface area contributed by atoms with Gasteiger partial charge in [-0.25, -0.2) is 4.98 Å². The zero-order valence-corrected chi connectivity index (χ0v) is 16.5. The molecule has 0 saturated carbocycles. The first-order chi connectivity index (χ1) is 12.6. The molecule has 1 amide bonds. The molecule has 26 heavy (non-hydrogen) atoms. The molecule has 0 spiro atoms. The van der Waals surface area contributed by atoms with Crippen LogP contribution in [0.25, 0.3) is 10.6 Å². The SMILES string of the molecule is Cc1nc(-c2cccnc2)sc1N(Cc1ccccc1)C(=O)C(C)CS. The zero-order valence-electron chi connectivity index (χ0n) is 14.8. The molecule has 2 heterocycles. The largest absolute Gasteiger partial charge is 0.297 e. The van der Waals surface area contributed by atoms with Gasteiger partial charge in [0.1, 0.15) is 10.0 Å². The van der Waals surface area contributed by atoms with E-state index in [2.05, 4.69) is 22.6 Å². The average molecular weight is 384 g/mol. The highest BCUT2D eigenvalue weighted by molar-refractivity contribution is 7.80. The van der Waals surface area contributed by atoms with Gasteiger partial charge in [-0.2, -0.15) is 12.6 Å². The third-order valence-corrected chi connectivity index (χ3v) is 5.85. The molecular weight excluding hydrogens is 362 g/mol. The fraction of sp³-hybridized carbons (Fsp3) is 0.250. The molecule has 0 aliphatic rings. The smallest absolute Gasteiger partial charge is 0.231 e. The van der Waals surface area contributed by atoms with E-state index in [1.807, 2.05) is 61.2 Å². The molecule has 1 aromatic carbocycles. The van der Waals surface area contributed by atoms with E-state index in [-0.39, 0.29) is 11.8 Å². The van der Waals surface area contributed by atoms with E-state index in [4.69, 9.17) is 0 Å². The van der Waals surface area contributed by atoms with Crippen molar-refractivity contribution in [2.75, 3.05) is 10.7 Å². The number of rotatable bonds is 6. The Kier molecular flexibility index (Phi) is 6.06. The van der Waals surface area contributed by atoms with Gasteiger partial charge in [-0.15, -0.1) is 0 Å². The van der Waals surface area contributed by atoms with Crippen molar-refractivity contribution >= 4 is 34.9 Å². The number of aryl methyl sites for hydroxylation is 1. The summed E-state index contributed by atoms with van der Waals surface area (Å²) in [7, 11) is 0. The van der Waals surface area contributed by atoms with Crippen molar-refractivity contribution < 1.29 is 4.79 Å². The molecule has 2 aromatic heterocycles. The molecule has 0 fully saturated rings. The molecule has 6 heteroatoms. The number of nitrogens with zero attached hydrogens (tertiary/aromatic N) is 3. The molecule has 1 atom stereocenters. The van der Waals surface area contributed by atoms with Crippen LogP contribution in [-0.4, -0.2) is 21.6 Å². The van der Waals surface area contributed by atoms with Crippen LogP contribution in [-0.2, 0) is 11.3 Å². The van der Waals surface area contributed by atoms with E-state index < -0.39 is 0 Å². The van der Waals surface area contributed by atoms with Crippen LogP contribution >= 0.6 is 24.0 Å². The van der Waals surface area contributed by atoms with Gasteiger partial charge in [0.15, 0.2) is 0 Å². The molecule has 0 N–H and O–H groups in total. The van der Waals surface area contributed by atoms with Crippen LogP contribution < -0.4 is 4.90 Å². The number of thiol groups is 1. The summed E-state index contributed by atoms with van der Waals surface area (Å²) in [6, 6.07) is 13.9. The zero-order chi connectivity index (χ0) is 18.5. The first kappa shape index (κ1) is 18.6. The van der Waals surface area contributed by atoms with Crippen molar-refractivity contribution in [2.24, 2.45) is 5.92 Å². The van der Waals surface area contributed by atoms with Crippen LogP contribution in [0.4, 0.5) is 5.00 Å². The molecule has 0 aliphatic heterocycles. The van der Waals surface area contributed by atoms with E-state index in [1.54, 1.807) is 12.4 Å². The van der Waals surface area contributed by atoms with Gasteiger partial charge in [0.2, 0.25) is 5.91 Å². The molecule has 0 radical (unpaired) electrons. The second kappa shape index (κ2) is 8.47. The Morgan fingerprint density at radius 3 is 2.65 bits per heavy atom. The second-order valence-corrected chi connectivity index (χ2v) is 7.49. The van der Waals surface area contributed by atoms with Gasteiger partial charge < -0.3 is 0 Å². The highest BCUT2D eigenvalue weighted by Crippen LogP contribution is 2.35. The van der Waals surface area contributed by atoms with Crippen molar-refractivity contribution in [2.45, 2.75) is 20.4 Å². The summed E-state index contributed by atoms with van der Waals surface area (Å²) in [4.78, 5) is 23.7. The highest BCUT2D eigenvalue weighted by Gasteiger charge is 2.25. The summed E-state index contributed by atoms with van der Waals surface area (Å²) in [5.41, 5.74) is 2.90. The van der Waals surface area contributed by atoms with Crippen molar-refractivity contribution in [1.29, 1.82) is 0 Å². The lowest BCUT2D eigenvalue weighted by Crippen LogP contribution is -2.35. The quantitative estimate of drug-likeness (QED) is 0.632. The number of pyridine rings is 1. The van der Waals surface area contributed by atoms with Crippen LogP contribution in [0.15, 0.2) is 54.9 Å². The van der Waals surface area contributed by atoms with Crippen LogP contribution in [0.5, 0.6) is 0 Å². The molecule has 0 saturated heterocycles. The topological polar surface area (TPSA) is 46.1 Å². The second-order valence-electron chi connectivity index (χ2n) is 6.14. The van der Waals surface area contributed by atoms with E-state index >= 15 is 0 Å². The van der Waals surface area contributed by atoms with E-state index in [0.717, 1.165) is 26.8 Å². The minimum atomic E-state index is -0.162. The lowest BCUT2D eigenvalue weighted by molar-refractivity contribution is -0.121. The predicted molar refractivity (Wildman–Crippen MR) is 111 cm³/mol. The lowest BCUT2D eigenvalue weighted by atomic mass is 10.1. The fourth-order valence-electron chi connectivity index (χ4n) is 2.61. The maximum atomic E-state index is 13.0. The number of hydrogen-bond donors (Lipinski definition) is 1. The Morgan fingerprint density at radius 2 is 2.00 bits per heavy atom. The first-order valence-electron chi connectivity index (χ1n) is 8.44. The fourth-order valence-corrected chi connectivity index (χ4v) is 3.83. The Morgan fingerprint density at radius 1 is 1.23 bits per heavy atom. The Hall–Kier alpha value is -2.18. The van der Waals surface area contributed by atoms with Crippen LogP contribution in [0.3, 0.4) is 0 Å². The molecular formula is C20H21N3OS2. The van der Waals surface area contributed by atoms with E-state index in [9.17, 15) is 4.79 Å². The number of amides is 1. The summed E-state index contributed by atoms with van der Waals surface area (Å²) >= 11 is 5.83. The Balaban J connectivity index is 1.99. The van der Waals surface area contributed by atoms with Gasteiger partial charge >= 0.3 is 0 Å².